The first-order chi connectivity index (χ1) is 12.3. The molecule has 140 valence electrons. The van der Waals surface area contributed by atoms with Gasteiger partial charge in [-0.3, -0.25) is 0 Å². The van der Waals surface area contributed by atoms with Gasteiger partial charge in [0.2, 0.25) is 0 Å². The molecule has 0 unspecified atom stereocenters. The summed E-state index contributed by atoms with van der Waals surface area (Å²) in [6.07, 6.45) is 14.1. The lowest BCUT2D eigenvalue weighted by Gasteiger charge is -2.36. The molecule has 1 saturated carbocycles. The molecule has 3 rings (SSSR count). The molecule has 1 aromatic heterocycles. The van der Waals surface area contributed by atoms with Crippen LogP contribution >= 0.6 is 11.8 Å². The van der Waals surface area contributed by atoms with Crippen LogP contribution in [0.25, 0.3) is 0 Å². The van der Waals surface area contributed by atoms with Crippen LogP contribution in [0.15, 0.2) is 17.4 Å². The normalized spacial score (nSPS) is 21.4. The van der Waals surface area contributed by atoms with E-state index in [-0.39, 0.29) is 12.6 Å². The lowest BCUT2D eigenvalue weighted by Crippen LogP contribution is -2.48. The van der Waals surface area contributed by atoms with E-state index < -0.39 is 0 Å². The van der Waals surface area contributed by atoms with Gasteiger partial charge in [-0.25, -0.2) is 9.97 Å². The van der Waals surface area contributed by atoms with Crippen LogP contribution in [0.4, 0.5) is 5.82 Å². The van der Waals surface area contributed by atoms with Gasteiger partial charge in [-0.05, 0) is 37.5 Å². The quantitative estimate of drug-likeness (QED) is 0.573. The number of aromatic nitrogens is 2. The maximum atomic E-state index is 9.78. The summed E-state index contributed by atoms with van der Waals surface area (Å²) in [4.78, 5) is 11.2. The van der Waals surface area contributed by atoms with E-state index in [9.17, 15) is 5.11 Å². The third-order valence-electron chi connectivity index (χ3n) is 5.65. The van der Waals surface area contributed by atoms with E-state index in [4.69, 9.17) is 0 Å². The van der Waals surface area contributed by atoms with E-state index in [1.807, 2.05) is 18.5 Å². The van der Waals surface area contributed by atoms with Crippen LogP contribution in [-0.2, 0) is 0 Å². The number of nitrogens with zero attached hydrogens (tertiary/aromatic N) is 3. The van der Waals surface area contributed by atoms with Crippen LogP contribution in [0.3, 0.4) is 0 Å². The van der Waals surface area contributed by atoms with Gasteiger partial charge < -0.3 is 15.3 Å². The Morgan fingerprint density at radius 1 is 1.24 bits per heavy atom. The second-order valence-electron chi connectivity index (χ2n) is 7.45. The number of hydrogen-bond donors (Lipinski definition) is 2. The zero-order valence-corrected chi connectivity index (χ0v) is 16.2. The molecule has 1 aliphatic heterocycles. The monoisotopic (exact) mass is 364 g/mol. The first-order valence-corrected chi connectivity index (χ1v) is 11.0. The smallest absolute Gasteiger partial charge is 0.189 e. The molecule has 0 bridgehead atoms. The summed E-state index contributed by atoms with van der Waals surface area (Å²) in [5.74, 6) is 1.85. The van der Waals surface area contributed by atoms with Crippen molar-refractivity contribution >= 4 is 17.6 Å². The molecule has 0 radical (unpaired) electrons. The zero-order valence-electron chi connectivity index (χ0n) is 15.4. The number of piperidine rings is 1. The highest BCUT2D eigenvalue weighted by Gasteiger charge is 2.24. The van der Waals surface area contributed by atoms with Crippen LogP contribution in [0, 0.1) is 5.92 Å². The molecule has 2 aliphatic rings. The largest absolute Gasteiger partial charge is 0.395 e. The van der Waals surface area contributed by atoms with Gasteiger partial charge in [-0.15, -0.1) is 0 Å². The van der Waals surface area contributed by atoms with Crippen molar-refractivity contribution in [3.63, 3.8) is 0 Å². The predicted molar refractivity (Wildman–Crippen MR) is 104 cm³/mol. The first kappa shape index (κ1) is 18.9. The Hall–Kier alpha value is -0.850. The van der Waals surface area contributed by atoms with Gasteiger partial charge in [0.25, 0.3) is 0 Å². The van der Waals surface area contributed by atoms with Gasteiger partial charge in [0.1, 0.15) is 5.82 Å². The molecule has 6 heteroatoms. The highest BCUT2D eigenvalue weighted by atomic mass is 32.2. The third-order valence-corrected chi connectivity index (χ3v) is 6.22. The molecular weight excluding hydrogens is 332 g/mol. The average Bonchev–Trinajstić information content (AvgIpc) is 2.69. The number of nitrogens with one attached hydrogen (secondary N) is 1. The van der Waals surface area contributed by atoms with Gasteiger partial charge in [0.05, 0.1) is 6.61 Å². The van der Waals surface area contributed by atoms with E-state index in [0.29, 0.717) is 6.04 Å². The fourth-order valence-electron chi connectivity index (χ4n) is 4.24. The molecule has 0 amide bonds. The van der Waals surface area contributed by atoms with Crippen molar-refractivity contribution < 1.29 is 5.11 Å². The fraction of sp³-hybridized carbons (Fsp3) is 0.789. The number of hydrogen-bond acceptors (Lipinski definition) is 6. The van der Waals surface area contributed by atoms with Crippen molar-refractivity contribution in [1.29, 1.82) is 0 Å². The Balaban J connectivity index is 1.46. The number of thioether (sulfide) groups is 1. The first-order valence-electron chi connectivity index (χ1n) is 9.77. The minimum atomic E-state index is 0.264. The maximum Gasteiger partial charge on any atom is 0.189 e. The number of aliphatic hydroxyl groups excluding tert-OH is 1. The molecule has 0 aromatic carbocycles. The van der Waals surface area contributed by atoms with E-state index in [0.717, 1.165) is 49.2 Å². The molecule has 25 heavy (non-hydrogen) atoms. The Labute approximate surface area is 156 Å². The molecule has 2 N–H and O–H groups in total. The minimum Gasteiger partial charge on any atom is -0.395 e. The van der Waals surface area contributed by atoms with Crippen LogP contribution in [-0.4, -0.2) is 53.1 Å². The summed E-state index contributed by atoms with van der Waals surface area (Å²) < 4.78 is 0. The highest BCUT2D eigenvalue weighted by Crippen LogP contribution is 2.28. The standard InChI is InChI=1S/C19H32N4OS/c1-25-19-20-10-7-18(22-19)23-11-8-16(9-12-23)21-17(14-24)13-15-5-3-2-4-6-15/h7,10,15-17,21,24H,2-6,8-9,11-14H2,1H3/t17-/m0/s1. The number of rotatable bonds is 7. The van der Waals surface area contributed by atoms with Gasteiger partial charge in [-0.2, -0.15) is 0 Å². The Morgan fingerprint density at radius 3 is 2.68 bits per heavy atom. The molecule has 2 fully saturated rings. The molecule has 1 aromatic rings. The Morgan fingerprint density at radius 2 is 2.00 bits per heavy atom. The van der Waals surface area contributed by atoms with E-state index in [1.54, 1.807) is 11.8 Å². The fourth-order valence-corrected chi connectivity index (χ4v) is 4.59. The van der Waals surface area contributed by atoms with Crippen LogP contribution < -0.4 is 10.2 Å². The summed E-state index contributed by atoms with van der Waals surface area (Å²) >= 11 is 1.59. The number of aliphatic hydroxyl groups is 1. The van der Waals surface area contributed by atoms with Crippen LogP contribution in [0.2, 0.25) is 0 Å². The average molecular weight is 365 g/mol. The van der Waals surface area contributed by atoms with Crippen molar-refractivity contribution in [2.24, 2.45) is 5.92 Å². The summed E-state index contributed by atoms with van der Waals surface area (Å²) in [5, 5.41) is 14.4. The molecule has 0 spiro atoms. The summed E-state index contributed by atoms with van der Waals surface area (Å²) in [6.45, 7) is 2.30. The van der Waals surface area contributed by atoms with E-state index >= 15 is 0 Å². The van der Waals surface area contributed by atoms with Gasteiger partial charge in [0.15, 0.2) is 5.16 Å². The molecule has 1 aliphatic carbocycles. The molecule has 1 atom stereocenters. The van der Waals surface area contributed by atoms with Crippen LogP contribution in [0.1, 0.15) is 51.4 Å². The van der Waals surface area contributed by atoms with E-state index in [1.165, 1.54) is 32.1 Å². The Bertz CT molecular complexity index is 516. The van der Waals surface area contributed by atoms with Gasteiger partial charge in [0, 0.05) is 31.4 Å². The van der Waals surface area contributed by atoms with Crippen molar-refractivity contribution in [2.75, 3.05) is 30.9 Å². The molecule has 2 heterocycles. The predicted octanol–water partition coefficient (Wildman–Crippen LogP) is 3.09. The SMILES string of the molecule is CSc1nccc(N2CCC(N[C@H](CO)CC3CCCCC3)CC2)n1. The lowest BCUT2D eigenvalue weighted by molar-refractivity contribution is 0.188. The van der Waals surface area contributed by atoms with Crippen molar-refractivity contribution in [1.82, 2.24) is 15.3 Å². The molecule has 1 saturated heterocycles. The van der Waals surface area contributed by atoms with Crippen molar-refractivity contribution in [2.45, 2.75) is 68.6 Å². The van der Waals surface area contributed by atoms with Gasteiger partial charge >= 0.3 is 0 Å². The maximum absolute atomic E-state index is 9.78. The lowest BCUT2D eigenvalue weighted by atomic mass is 9.84. The molecular formula is C19H32N4OS. The summed E-state index contributed by atoms with van der Waals surface area (Å²) in [5.41, 5.74) is 0. The number of anilines is 1. The topological polar surface area (TPSA) is 61.3 Å². The summed E-state index contributed by atoms with van der Waals surface area (Å²) in [6, 6.07) is 2.79. The molecule has 5 nitrogen and oxygen atoms in total. The van der Waals surface area contributed by atoms with Gasteiger partial charge in [-0.1, -0.05) is 43.9 Å². The highest BCUT2D eigenvalue weighted by molar-refractivity contribution is 7.98. The van der Waals surface area contributed by atoms with Crippen LogP contribution in [0.5, 0.6) is 0 Å². The third kappa shape index (κ3) is 5.56. The zero-order chi connectivity index (χ0) is 17.5. The second-order valence-corrected chi connectivity index (χ2v) is 8.22. The second kappa shape index (κ2) is 9.74. The van der Waals surface area contributed by atoms with Crippen molar-refractivity contribution in [3.05, 3.63) is 12.3 Å². The minimum absolute atomic E-state index is 0.264. The summed E-state index contributed by atoms with van der Waals surface area (Å²) in [7, 11) is 0. The van der Waals surface area contributed by atoms with Crippen molar-refractivity contribution in [3.8, 4) is 0 Å². The Kier molecular flexibility index (Phi) is 7.37. The van der Waals surface area contributed by atoms with E-state index in [2.05, 4.69) is 20.2 Å².